The Bertz CT molecular complexity index is 411. The normalized spacial score (nSPS) is 24.5. The van der Waals surface area contributed by atoms with E-state index in [1.807, 2.05) is 4.93 Å². The van der Waals surface area contributed by atoms with Crippen molar-refractivity contribution in [3.63, 3.8) is 0 Å². The van der Waals surface area contributed by atoms with Crippen LogP contribution < -0.4 is 3.53 Å². The van der Waals surface area contributed by atoms with Crippen LogP contribution in [0.15, 0.2) is 0 Å². The van der Waals surface area contributed by atoms with Gasteiger partial charge in [-0.25, -0.2) is 0 Å². The summed E-state index contributed by atoms with van der Waals surface area (Å²) in [6.45, 7) is -0.864. The summed E-state index contributed by atoms with van der Waals surface area (Å²) in [6, 6.07) is 0. The molecular weight excluding hydrogens is 538 g/mol. The Morgan fingerprint density at radius 3 is 1.95 bits per heavy atom. The Labute approximate surface area is 136 Å². The Hall–Kier alpha value is 0.430. The molecular formula is C9H11F6I2NO3. The molecule has 126 valence electrons. The molecule has 0 aliphatic carbocycles. The van der Waals surface area contributed by atoms with Gasteiger partial charge in [0.15, 0.2) is 0 Å². The van der Waals surface area contributed by atoms with E-state index in [0.29, 0.717) is 0 Å². The number of esters is 1. The number of carbonyl (C=O) groups is 1. The van der Waals surface area contributed by atoms with Gasteiger partial charge in [-0.1, -0.05) is 0 Å². The van der Waals surface area contributed by atoms with Gasteiger partial charge in [0.2, 0.25) is 0 Å². The van der Waals surface area contributed by atoms with Gasteiger partial charge in [0, 0.05) is 0 Å². The van der Waals surface area contributed by atoms with Crippen LogP contribution in [-0.4, -0.2) is 48.0 Å². The molecule has 2 unspecified atom stereocenters. The summed E-state index contributed by atoms with van der Waals surface area (Å²) in [7, 11) is 0. The summed E-state index contributed by atoms with van der Waals surface area (Å²) in [4.78, 5) is 13.5. The van der Waals surface area contributed by atoms with E-state index in [9.17, 15) is 31.1 Å². The number of aliphatic hydroxyl groups is 1. The monoisotopic (exact) mass is 549 g/mol. The summed E-state index contributed by atoms with van der Waals surface area (Å²) in [6.07, 6.45) is -12.0. The van der Waals surface area contributed by atoms with Crippen LogP contribution in [-0.2, 0) is 9.53 Å². The number of carbonyl (C=O) groups excluding carboxylic acids is 1. The summed E-state index contributed by atoms with van der Waals surface area (Å²) in [5, 5.41) is 8.87. The maximum absolute atomic E-state index is 12.4. The van der Waals surface area contributed by atoms with Crippen molar-refractivity contribution in [2.24, 2.45) is 0 Å². The van der Waals surface area contributed by atoms with E-state index in [-0.39, 0.29) is 4.05 Å². The molecule has 0 spiro atoms. The summed E-state index contributed by atoms with van der Waals surface area (Å²) in [5.41, 5.74) is -5.08. The van der Waals surface area contributed by atoms with Gasteiger partial charge in [-0.3, -0.25) is 0 Å². The third kappa shape index (κ3) is 3.85. The zero-order valence-corrected chi connectivity index (χ0v) is 14.9. The van der Waals surface area contributed by atoms with Crippen molar-refractivity contribution in [1.29, 1.82) is 0 Å². The topological polar surface area (TPSA) is 68.5 Å². The standard InChI is InChI=1S/C9H11F6I2NO3/c1-6(16,4-17(2)18-4)5(19)21-3-7(20,8(10,11)12)9(13,14)15/h4,18,20H,3H2,1-2H3. The quantitative estimate of drug-likeness (QED) is 0.108. The van der Waals surface area contributed by atoms with Crippen molar-refractivity contribution >= 4 is 48.7 Å². The molecule has 0 aromatic carbocycles. The van der Waals surface area contributed by atoms with Crippen LogP contribution in [0.1, 0.15) is 6.92 Å². The van der Waals surface area contributed by atoms with Crippen LogP contribution >= 0.6 is 42.7 Å². The van der Waals surface area contributed by atoms with Crippen LogP contribution in [0.2, 0.25) is 0 Å². The van der Waals surface area contributed by atoms with Crippen LogP contribution in [0, 0.1) is 0 Å². The van der Waals surface area contributed by atoms with Gasteiger partial charge in [-0.15, -0.1) is 0 Å². The summed E-state index contributed by atoms with van der Waals surface area (Å²) < 4.78 is 80.0. The molecule has 0 aromatic rings. The van der Waals surface area contributed by atoms with Gasteiger partial charge >= 0.3 is 137 Å². The Morgan fingerprint density at radius 2 is 1.67 bits per heavy atom. The van der Waals surface area contributed by atoms with E-state index in [0.717, 1.165) is 0 Å². The van der Waals surface area contributed by atoms with E-state index in [2.05, 4.69) is 8.27 Å². The fourth-order valence-electron chi connectivity index (χ4n) is 1.28. The average molecular weight is 549 g/mol. The molecule has 1 rings (SSSR count). The van der Waals surface area contributed by atoms with Crippen molar-refractivity contribution in [1.82, 2.24) is 3.53 Å². The van der Waals surface area contributed by atoms with E-state index in [4.69, 9.17) is 5.11 Å². The molecule has 0 radical (unpaired) electrons. The molecule has 0 amide bonds. The van der Waals surface area contributed by atoms with Gasteiger partial charge in [0.1, 0.15) is 0 Å². The van der Waals surface area contributed by atoms with Crippen molar-refractivity contribution in [3.8, 4) is 0 Å². The second kappa shape index (κ2) is 5.81. The molecule has 1 fully saturated rings. The predicted molar refractivity (Wildman–Crippen MR) is 77.3 cm³/mol. The number of halogens is 8. The number of nitrogens with one attached hydrogen (secondary N) is 1. The van der Waals surface area contributed by atoms with E-state index in [1.54, 1.807) is 22.6 Å². The third-order valence-electron chi connectivity index (χ3n) is 2.77. The van der Waals surface area contributed by atoms with Crippen molar-refractivity contribution in [3.05, 3.63) is 0 Å². The zero-order valence-electron chi connectivity index (χ0n) is 10.6. The van der Waals surface area contributed by atoms with Crippen molar-refractivity contribution in [2.45, 2.75) is 32.3 Å². The average Bonchev–Trinajstić information content (AvgIpc) is 3.00. The first-order valence-electron chi connectivity index (χ1n) is 5.21. The van der Waals surface area contributed by atoms with Gasteiger partial charge < -0.3 is 0 Å². The predicted octanol–water partition coefficient (Wildman–Crippen LogP) is 2.56. The van der Waals surface area contributed by atoms with E-state index in [1.165, 1.54) is 6.92 Å². The van der Waals surface area contributed by atoms with Crippen LogP contribution in [0.5, 0.6) is 0 Å². The molecule has 1 aliphatic rings. The van der Waals surface area contributed by atoms with Gasteiger partial charge in [0.05, 0.1) is 0 Å². The van der Waals surface area contributed by atoms with Crippen LogP contribution in [0.4, 0.5) is 26.3 Å². The molecule has 0 saturated carbocycles. The molecule has 2 atom stereocenters. The first-order chi connectivity index (χ1) is 9.14. The number of hydrogen-bond acceptors (Lipinski definition) is 4. The molecule has 1 saturated heterocycles. The van der Waals surface area contributed by atoms with E-state index < -0.39 is 54.0 Å². The second-order valence-corrected chi connectivity index (χ2v) is 11.6. The molecule has 12 heteroatoms. The van der Waals surface area contributed by atoms with Gasteiger partial charge in [-0.05, 0) is 0 Å². The SMILES string of the molecule is CI1NC1C(C)(I)C(=O)OCC(O)(C(F)(F)F)C(F)(F)F. The Kier molecular flexibility index (Phi) is 5.39. The molecule has 0 bridgehead atoms. The number of hydrogen-bond donors (Lipinski definition) is 2. The van der Waals surface area contributed by atoms with Gasteiger partial charge in [-0.2, -0.15) is 0 Å². The van der Waals surface area contributed by atoms with Crippen molar-refractivity contribution < 1.29 is 41.0 Å². The Morgan fingerprint density at radius 1 is 1.29 bits per heavy atom. The molecule has 1 aliphatic heterocycles. The minimum atomic E-state index is -6.01. The number of alkyl halides is 9. The fourth-order valence-corrected chi connectivity index (χ4v) is 9.49. The number of ether oxygens (including phenoxy) is 1. The molecule has 4 nitrogen and oxygen atoms in total. The number of rotatable bonds is 4. The summed E-state index contributed by atoms with van der Waals surface area (Å²) in [5.74, 6) is -1.23. The molecule has 1 heterocycles. The second-order valence-electron chi connectivity index (χ2n) is 4.50. The molecule has 0 aromatic heterocycles. The molecule has 21 heavy (non-hydrogen) atoms. The third-order valence-corrected chi connectivity index (χ3v) is 9.39. The van der Waals surface area contributed by atoms with E-state index >= 15 is 0 Å². The summed E-state index contributed by atoms with van der Waals surface area (Å²) >= 11 is 0.0731. The van der Waals surface area contributed by atoms with Gasteiger partial charge in [0.25, 0.3) is 0 Å². The van der Waals surface area contributed by atoms with Crippen LogP contribution in [0.25, 0.3) is 0 Å². The molecule has 2 N–H and O–H groups in total. The fraction of sp³-hybridized carbons (Fsp3) is 0.889. The zero-order chi connectivity index (χ0) is 16.9. The Balaban J connectivity index is 2.82. The first-order valence-corrected chi connectivity index (χ1v) is 10.8. The van der Waals surface area contributed by atoms with Crippen LogP contribution in [0.3, 0.4) is 0 Å². The minimum absolute atomic E-state index is 0.264. The van der Waals surface area contributed by atoms with Crippen molar-refractivity contribution in [2.75, 3.05) is 11.5 Å². The maximum atomic E-state index is 12.4. The first kappa shape index (κ1) is 19.5.